The van der Waals surface area contributed by atoms with Crippen LogP contribution in [0.3, 0.4) is 0 Å². The van der Waals surface area contributed by atoms with Crippen molar-refractivity contribution in [2.75, 3.05) is 11.9 Å². The van der Waals surface area contributed by atoms with Crippen molar-refractivity contribution in [3.8, 4) is 0 Å². The van der Waals surface area contributed by atoms with Crippen LogP contribution in [0.4, 0.5) is 5.69 Å². The van der Waals surface area contributed by atoms with Gasteiger partial charge in [-0.05, 0) is 48.4 Å². The minimum atomic E-state index is 1.08. The molecule has 0 aliphatic carbocycles. The van der Waals surface area contributed by atoms with E-state index < -0.39 is 0 Å². The largest absolute Gasteiger partial charge is 0.349 e. The van der Waals surface area contributed by atoms with Crippen LogP contribution in [-0.4, -0.2) is 7.05 Å². The van der Waals surface area contributed by atoms with Crippen LogP contribution in [0.25, 0.3) is 0 Å². The summed E-state index contributed by atoms with van der Waals surface area (Å²) in [6, 6.07) is 17.6. The van der Waals surface area contributed by atoms with E-state index >= 15 is 0 Å². The molecular weight excluding hydrogens is 242 g/mol. The normalized spacial score (nSPS) is 14.2. The molecule has 0 atom stereocenters. The highest BCUT2D eigenvalue weighted by atomic mass is 15.1. The second kappa shape index (κ2) is 5.54. The predicted molar refractivity (Wildman–Crippen MR) is 86.2 cm³/mol. The van der Waals surface area contributed by atoms with Crippen LogP contribution in [0.15, 0.2) is 60.8 Å². The molecule has 0 amide bonds. The second-order valence-electron chi connectivity index (χ2n) is 5.57. The molecule has 2 aromatic rings. The van der Waals surface area contributed by atoms with Gasteiger partial charge in [0.2, 0.25) is 0 Å². The topological polar surface area (TPSA) is 3.24 Å². The van der Waals surface area contributed by atoms with Gasteiger partial charge in [0.1, 0.15) is 0 Å². The van der Waals surface area contributed by atoms with E-state index in [-0.39, 0.29) is 0 Å². The van der Waals surface area contributed by atoms with Gasteiger partial charge in [-0.25, -0.2) is 0 Å². The molecule has 0 fully saturated rings. The van der Waals surface area contributed by atoms with E-state index in [0.717, 1.165) is 25.7 Å². The molecule has 0 radical (unpaired) electrons. The molecule has 0 unspecified atom stereocenters. The Bertz CT molecular complexity index is 613. The molecule has 0 N–H and O–H groups in total. The van der Waals surface area contributed by atoms with E-state index in [1.807, 2.05) is 0 Å². The van der Waals surface area contributed by atoms with Crippen molar-refractivity contribution >= 4 is 5.69 Å². The van der Waals surface area contributed by atoms with Gasteiger partial charge in [0.05, 0.1) is 0 Å². The first-order chi connectivity index (χ1) is 9.74. The Kier molecular flexibility index (Phi) is 3.60. The van der Waals surface area contributed by atoms with Crippen LogP contribution >= 0.6 is 0 Å². The van der Waals surface area contributed by atoms with E-state index in [4.69, 9.17) is 0 Å². The second-order valence-corrected chi connectivity index (χ2v) is 5.57. The molecule has 0 aromatic heterocycles. The van der Waals surface area contributed by atoms with Gasteiger partial charge in [-0.3, -0.25) is 0 Å². The van der Waals surface area contributed by atoms with E-state index in [2.05, 4.69) is 67.1 Å². The Morgan fingerprint density at radius 1 is 0.950 bits per heavy atom. The summed E-state index contributed by atoms with van der Waals surface area (Å²) in [5.41, 5.74) is 6.82. The fourth-order valence-corrected chi connectivity index (χ4v) is 2.84. The fourth-order valence-electron chi connectivity index (χ4n) is 2.84. The Hall–Kier alpha value is -2.02. The summed E-state index contributed by atoms with van der Waals surface area (Å²) in [5, 5.41) is 0. The summed E-state index contributed by atoms with van der Waals surface area (Å²) in [6.07, 6.45) is 4.40. The monoisotopic (exact) mass is 263 g/mol. The number of rotatable bonds is 3. The van der Waals surface area contributed by atoms with Crippen molar-refractivity contribution in [2.24, 2.45) is 0 Å². The maximum atomic E-state index is 4.14. The quantitative estimate of drug-likeness (QED) is 0.795. The van der Waals surface area contributed by atoms with Gasteiger partial charge < -0.3 is 4.90 Å². The molecule has 20 heavy (non-hydrogen) atoms. The van der Waals surface area contributed by atoms with Crippen molar-refractivity contribution in [3.05, 3.63) is 77.5 Å². The number of anilines is 1. The first-order valence-corrected chi connectivity index (χ1v) is 7.31. The maximum absolute atomic E-state index is 4.14. The first kappa shape index (κ1) is 13.0. The van der Waals surface area contributed by atoms with Gasteiger partial charge in [0, 0.05) is 18.4 Å². The Morgan fingerprint density at radius 2 is 1.70 bits per heavy atom. The summed E-state index contributed by atoms with van der Waals surface area (Å²) in [5.74, 6) is 0. The molecular formula is C19H21N. The lowest BCUT2D eigenvalue weighted by Crippen LogP contribution is -2.22. The van der Waals surface area contributed by atoms with Gasteiger partial charge in [-0.2, -0.15) is 0 Å². The molecule has 1 aliphatic rings. The van der Waals surface area contributed by atoms with Gasteiger partial charge in [0.15, 0.2) is 0 Å². The molecule has 0 bridgehead atoms. The fraction of sp³-hybridized carbons (Fsp3) is 0.263. The van der Waals surface area contributed by atoms with Crippen molar-refractivity contribution in [2.45, 2.75) is 25.7 Å². The average Bonchev–Trinajstić information content (AvgIpc) is 2.50. The number of fused-ring (bicyclic) bond motifs is 1. The molecule has 1 nitrogen and oxygen atoms in total. The van der Waals surface area contributed by atoms with Gasteiger partial charge in [-0.1, -0.05) is 49.0 Å². The zero-order valence-electron chi connectivity index (χ0n) is 12.1. The minimum absolute atomic E-state index is 1.08. The zero-order valence-corrected chi connectivity index (χ0v) is 12.1. The Labute approximate surface area is 121 Å². The van der Waals surface area contributed by atoms with Crippen molar-refractivity contribution < 1.29 is 0 Å². The predicted octanol–water partition coefficient (Wildman–Crippen LogP) is 4.37. The van der Waals surface area contributed by atoms with Crippen molar-refractivity contribution in [3.63, 3.8) is 0 Å². The van der Waals surface area contributed by atoms with Gasteiger partial charge in [-0.15, -0.1) is 0 Å². The van der Waals surface area contributed by atoms with E-state index in [9.17, 15) is 0 Å². The van der Waals surface area contributed by atoms with Crippen LogP contribution in [0.1, 0.15) is 23.1 Å². The molecule has 0 spiro atoms. The number of aryl methyl sites for hydroxylation is 3. The van der Waals surface area contributed by atoms with Crippen LogP contribution in [0, 0.1) is 0 Å². The third-order valence-electron chi connectivity index (χ3n) is 4.21. The van der Waals surface area contributed by atoms with E-state index in [1.165, 1.54) is 28.1 Å². The highest BCUT2D eigenvalue weighted by molar-refractivity contribution is 5.61. The van der Waals surface area contributed by atoms with Gasteiger partial charge in [0.25, 0.3) is 0 Å². The highest BCUT2D eigenvalue weighted by Gasteiger charge is 2.16. The third-order valence-corrected chi connectivity index (χ3v) is 4.21. The molecule has 1 aliphatic heterocycles. The molecule has 0 saturated carbocycles. The Morgan fingerprint density at radius 3 is 2.50 bits per heavy atom. The van der Waals surface area contributed by atoms with Crippen LogP contribution in [0.2, 0.25) is 0 Å². The first-order valence-electron chi connectivity index (χ1n) is 7.31. The highest BCUT2D eigenvalue weighted by Crippen LogP contribution is 2.31. The smallest absolute Gasteiger partial charge is 0.0440 e. The van der Waals surface area contributed by atoms with Crippen molar-refractivity contribution in [1.82, 2.24) is 0 Å². The Balaban J connectivity index is 1.77. The van der Waals surface area contributed by atoms with E-state index in [1.54, 1.807) is 0 Å². The molecule has 102 valence electrons. The lowest BCUT2D eigenvalue weighted by molar-refractivity contribution is 0.839. The number of benzene rings is 2. The molecule has 1 heterocycles. The molecule has 2 aromatic carbocycles. The summed E-state index contributed by atoms with van der Waals surface area (Å²) in [4.78, 5) is 2.24. The number of hydrogen-bond donors (Lipinski definition) is 0. The van der Waals surface area contributed by atoms with E-state index in [0.29, 0.717) is 0 Å². The maximum Gasteiger partial charge on any atom is 0.0440 e. The van der Waals surface area contributed by atoms with Crippen LogP contribution in [-0.2, 0) is 19.3 Å². The summed E-state index contributed by atoms with van der Waals surface area (Å²) >= 11 is 0. The summed E-state index contributed by atoms with van der Waals surface area (Å²) < 4.78 is 0. The lowest BCUT2D eigenvalue weighted by Gasteiger charge is -2.30. The standard InChI is InChI=1S/C19H21N/c1-15-8-12-18-13-11-17(14-19(18)20(15)2)10-9-16-6-4-3-5-7-16/h3-7,11,13-14H,1,8-10,12H2,2H3. The number of allylic oxidation sites excluding steroid dienone is 1. The molecule has 1 heteroatoms. The number of nitrogens with zero attached hydrogens (tertiary/aromatic N) is 1. The minimum Gasteiger partial charge on any atom is -0.349 e. The van der Waals surface area contributed by atoms with Crippen LogP contribution < -0.4 is 4.90 Å². The summed E-state index contributed by atoms with van der Waals surface area (Å²) in [6.45, 7) is 4.14. The third kappa shape index (κ3) is 2.62. The number of hydrogen-bond acceptors (Lipinski definition) is 1. The van der Waals surface area contributed by atoms with Crippen LogP contribution in [0.5, 0.6) is 0 Å². The molecule has 3 rings (SSSR count). The lowest BCUT2D eigenvalue weighted by atomic mass is 9.96. The van der Waals surface area contributed by atoms with Gasteiger partial charge >= 0.3 is 0 Å². The SMILES string of the molecule is C=C1CCc2ccc(CCc3ccccc3)cc2N1C. The molecule has 0 saturated heterocycles. The summed E-state index contributed by atoms with van der Waals surface area (Å²) in [7, 11) is 2.13. The zero-order chi connectivity index (χ0) is 13.9. The average molecular weight is 263 g/mol. The van der Waals surface area contributed by atoms with Crippen molar-refractivity contribution in [1.29, 1.82) is 0 Å².